The maximum absolute atomic E-state index is 2.37. The van der Waals surface area contributed by atoms with Crippen molar-refractivity contribution in [3.63, 3.8) is 0 Å². The third-order valence-corrected chi connectivity index (χ3v) is 10.6. The summed E-state index contributed by atoms with van der Waals surface area (Å²) in [4.78, 5) is 0. The van der Waals surface area contributed by atoms with Gasteiger partial charge in [-0.15, -0.1) is 0 Å². The Kier molecular flexibility index (Phi) is 6.66. The highest BCUT2D eigenvalue weighted by Gasteiger charge is 2.36. The van der Waals surface area contributed by atoms with Crippen LogP contribution in [0.5, 0.6) is 0 Å². The largest absolute Gasteiger partial charge is 0.0795 e. The topological polar surface area (TPSA) is 0 Å². The quantitative estimate of drug-likeness (QED) is 0.134. The van der Waals surface area contributed by atoms with Crippen LogP contribution in [0, 0.1) is 0 Å². The number of hydrogen-bond acceptors (Lipinski definition) is 0. The van der Waals surface area contributed by atoms with Crippen LogP contribution in [-0.4, -0.2) is 0 Å². The molecule has 0 unspecified atom stereocenters. The molecule has 0 amide bonds. The minimum atomic E-state index is -0.0189. The first-order valence-electron chi connectivity index (χ1n) is 17.0. The second-order valence-corrected chi connectivity index (χ2v) is 13.6. The van der Waals surface area contributed by atoms with Crippen LogP contribution < -0.4 is 0 Å². The van der Waals surface area contributed by atoms with E-state index in [-0.39, 0.29) is 5.41 Å². The normalized spacial score (nSPS) is 13.4. The number of allylic oxidation sites excluding steroid dienone is 1. The van der Waals surface area contributed by atoms with Gasteiger partial charge < -0.3 is 0 Å². The first kappa shape index (κ1) is 28.5. The molecule has 9 rings (SSSR count). The van der Waals surface area contributed by atoms with Gasteiger partial charge in [-0.25, -0.2) is 0 Å². The summed E-state index contributed by atoms with van der Waals surface area (Å²) in [5, 5.41) is 7.73. The standard InChI is InChI=1S/C48H36/c1-48(2)43-28-13-12-25-42(43)46-39(27-15-29-44(46)48)35-21-8-6-16-32(35)20-14-26-38-37-23-10-11-24-40(37)45(34-18-4-3-5-19-34)47-36-22-9-7-17-33(36)30-31-41(38)47/h3-19,21-31H,20H2,1-2H3/b26-14+. The zero-order valence-electron chi connectivity index (χ0n) is 27.4. The van der Waals surface area contributed by atoms with Crippen molar-refractivity contribution >= 4 is 38.4 Å². The van der Waals surface area contributed by atoms with E-state index in [9.17, 15) is 0 Å². The van der Waals surface area contributed by atoms with E-state index in [1.807, 2.05) is 0 Å². The minimum Gasteiger partial charge on any atom is -0.0795 e. The molecule has 1 aliphatic carbocycles. The molecule has 0 saturated heterocycles. The summed E-state index contributed by atoms with van der Waals surface area (Å²) in [6.07, 6.45) is 5.59. The van der Waals surface area contributed by atoms with Crippen molar-refractivity contribution < 1.29 is 0 Å². The fourth-order valence-corrected chi connectivity index (χ4v) is 8.31. The molecule has 0 N–H and O–H groups in total. The van der Waals surface area contributed by atoms with Gasteiger partial charge in [0.1, 0.15) is 0 Å². The van der Waals surface area contributed by atoms with Crippen molar-refractivity contribution in [2.24, 2.45) is 0 Å². The number of hydrogen-bond donors (Lipinski definition) is 0. The molecule has 0 heteroatoms. The molecular weight excluding hydrogens is 577 g/mol. The predicted molar refractivity (Wildman–Crippen MR) is 207 cm³/mol. The van der Waals surface area contributed by atoms with E-state index in [1.165, 1.54) is 88.0 Å². The fraction of sp³-hybridized carbons (Fsp3) is 0.0833. The van der Waals surface area contributed by atoms with Gasteiger partial charge >= 0.3 is 0 Å². The molecule has 0 bridgehead atoms. The molecule has 228 valence electrons. The van der Waals surface area contributed by atoms with Crippen LogP contribution in [0.15, 0.2) is 164 Å². The van der Waals surface area contributed by atoms with Crippen molar-refractivity contribution in [3.8, 4) is 33.4 Å². The lowest BCUT2D eigenvalue weighted by atomic mass is 9.81. The van der Waals surface area contributed by atoms with E-state index in [4.69, 9.17) is 0 Å². The van der Waals surface area contributed by atoms with Crippen molar-refractivity contribution in [2.45, 2.75) is 25.7 Å². The van der Waals surface area contributed by atoms with Gasteiger partial charge in [0.25, 0.3) is 0 Å². The Morgan fingerprint density at radius 1 is 0.458 bits per heavy atom. The summed E-state index contributed by atoms with van der Waals surface area (Å²) in [5.74, 6) is 0. The molecule has 0 saturated carbocycles. The first-order chi connectivity index (χ1) is 23.6. The molecule has 1 aliphatic rings. The summed E-state index contributed by atoms with van der Waals surface area (Å²) in [6, 6.07) is 58.0. The SMILES string of the molecule is CC1(C)c2ccccc2-c2c(-c3ccccc3C/C=C/c3c4ccccc4c(-c4ccccc4)c4c3ccc3ccccc34)cccc21. The lowest BCUT2D eigenvalue weighted by Crippen LogP contribution is -2.14. The molecule has 0 fully saturated rings. The van der Waals surface area contributed by atoms with Gasteiger partial charge in [-0.3, -0.25) is 0 Å². The van der Waals surface area contributed by atoms with Crippen molar-refractivity contribution in [1.29, 1.82) is 0 Å². The zero-order chi connectivity index (χ0) is 32.2. The maximum atomic E-state index is 2.37. The van der Waals surface area contributed by atoms with Crippen LogP contribution in [-0.2, 0) is 11.8 Å². The van der Waals surface area contributed by atoms with Crippen molar-refractivity contribution in [1.82, 2.24) is 0 Å². The summed E-state index contributed by atoms with van der Waals surface area (Å²) in [6.45, 7) is 4.72. The van der Waals surface area contributed by atoms with Crippen LogP contribution in [0.1, 0.15) is 36.1 Å². The van der Waals surface area contributed by atoms with Crippen molar-refractivity contribution in [2.75, 3.05) is 0 Å². The second kappa shape index (κ2) is 11.2. The molecular formula is C48H36. The van der Waals surface area contributed by atoms with Gasteiger partial charge in [0.15, 0.2) is 0 Å². The van der Waals surface area contributed by atoms with E-state index >= 15 is 0 Å². The average molecular weight is 613 g/mol. The van der Waals surface area contributed by atoms with Crippen LogP contribution >= 0.6 is 0 Å². The van der Waals surface area contributed by atoms with Gasteiger partial charge in [-0.1, -0.05) is 184 Å². The predicted octanol–water partition coefficient (Wildman–Crippen LogP) is 13.0. The third-order valence-electron chi connectivity index (χ3n) is 10.6. The molecule has 8 aromatic rings. The van der Waals surface area contributed by atoms with Gasteiger partial charge in [0.2, 0.25) is 0 Å². The molecule has 0 aromatic heterocycles. The molecule has 48 heavy (non-hydrogen) atoms. The Morgan fingerprint density at radius 2 is 1.10 bits per heavy atom. The minimum absolute atomic E-state index is 0.0189. The first-order valence-corrected chi connectivity index (χ1v) is 17.0. The highest BCUT2D eigenvalue weighted by Crippen LogP contribution is 2.52. The Labute approximate surface area is 282 Å². The number of rotatable bonds is 5. The Morgan fingerprint density at radius 3 is 1.96 bits per heavy atom. The summed E-state index contributed by atoms with van der Waals surface area (Å²) < 4.78 is 0. The lowest BCUT2D eigenvalue weighted by Gasteiger charge is -2.21. The summed E-state index contributed by atoms with van der Waals surface area (Å²) >= 11 is 0. The van der Waals surface area contributed by atoms with Gasteiger partial charge in [-0.05, 0) is 94.4 Å². The zero-order valence-corrected chi connectivity index (χ0v) is 27.4. The molecule has 0 heterocycles. The van der Waals surface area contributed by atoms with Gasteiger partial charge in [0, 0.05) is 5.41 Å². The van der Waals surface area contributed by atoms with Crippen LogP contribution in [0.4, 0.5) is 0 Å². The molecule has 8 aromatic carbocycles. The average Bonchev–Trinajstić information content (AvgIpc) is 3.38. The highest BCUT2D eigenvalue weighted by atomic mass is 14.4. The number of fused-ring (bicyclic) bond motifs is 7. The molecule has 0 nitrogen and oxygen atoms in total. The lowest BCUT2D eigenvalue weighted by molar-refractivity contribution is 0.660. The molecule has 0 spiro atoms. The Balaban J connectivity index is 1.21. The molecule has 0 aliphatic heterocycles. The van der Waals surface area contributed by atoms with Crippen molar-refractivity contribution in [3.05, 3.63) is 186 Å². The Bertz CT molecular complexity index is 2550. The molecule has 0 radical (unpaired) electrons. The molecule has 0 atom stereocenters. The van der Waals surface area contributed by atoms with Crippen LogP contribution in [0.2, 0.25) is 0 Å². The van der Waals surface area contributed by atoms with Crippen LogP contribution in [0.3, 0.4) is 0 Å². The van der Waals surface area contributed by atoms with E-state index in [0.29, 0.717) is 0 Å². The van der Waals surface area contributed by atoms with Crippen LogP contribution in [0.25, 0.3) is 71.8 Å². The third kappa shape index (κ3) is 4.37. The summed E-state index contributed by atoms with van der Waals surface area (Å²) in [5.41, 5.74) is 13.4. The van der Waals surface area contributed by atoms with Gasteiger partial charge in [-0.2, -0.15) is 0 Å². The highest BCUT2D eigenvalue weighted by molar-refractivity contribution is 6.25. The van der Waals surface area contributed by atoms with E-state index in [2.05, 4.69) is 184 Å². The van der Waals surface area contributed by atoms with E-state index in [1.54, 1.807) is 0 Å². The Hall–Kier alpha value is -5.72. The smallest absolute Gasteiger partial charge is 0.0159 e. The van der Waals surface area contributed by atoms with Gasteiger partial charge in [0.05, 0.1) is 0 Å². The second-order valence-electron chi connectivity index (χ2n) is 13.6. The fourth-order valence-electron chi connectivity index (χ4n) is 8.31. The monoisotopic (exact) mass is 612 g/mol. The summed E-state index contributed by atoms with van der Waals surface area (Å²) in [7, 11) is 0. The van der Waals surface area contributed by atoms with E-state index < -0.39 is 0 Å². The number of benzene rings is 8. The maximum Gasteiger partial charge on any atom is 0.0159 e. The van der Waals surface area contributed by atoms with E-state index in [0.717, 1.165) is 6.42 Å².